The summed E-state index contributed by atoms with van der Waals surface area (Å²) < 4.78 is 1.92. The predicted octanol–water partition coefficient (Wildman–Crippen LogP) is 1.30. The van der Waals surface area contributed by atoms with Crippen LogP contribution in [0.15, 0.2) is 31.0 Å². The molecule has 3 N–H and O–H groups in total. The van der Waals surface area contributed by atoms with Gasteiger partial charge >= 0.3 is 0 Å². The first-order valence-corrected chi connectivity index (χ1v) is 6.38. The first kappa shape index (κ1) is 14.0. The molecule has 0 saturated carbocycles. The minimum absolute atomic E-state index is 0.0173. The number of nitrogens with zero attached hydrogens (tertiary/aromatic N) is 3. The molecule has 1 amide bonds. The molecule has 6 nitrogen and oxygen atoms in total. The number of nitrogens with one attached hydrogen (secondary N) is 1. The maximum Gasteiger partial charge on any atom is 0.227 e. The third-order valence-electron chi connectivity index (χ3n) is 3.25. The maximum absolute atomic E-state index is 11.9. The van der Waals surface area contributed by atoms with E-state index in [9.17, 15) is 4.79 Å². The van der Waals surface area contributed by atoms with E-state index < -0.39 is 5.41 Å². The number of anilines is 1. The second kappa shape index (κ2) is 5.32. The van der Waals surface area contributed by atoms with Gasteiger partial charge in [-0.3, -0.25) is 9.78 Å². The summed E-state index contributed by atoms with van der Waals surface area (Å²) in [6, 6.07) is 1.75. The number of hydrogen-bond acceptors (Lipinski definition) is 4. The largest absolute Gasteiger partial charge is 0.398 e. The summed E-state index contributed by atoms with van der Waals surface area (Å²) in [5.74, 6) is -0.0173. The highest BCUT2D eigenvalue weighted by Crippen LogP contribution is 2.27. The summed E-state index contributed by atoms with van der Waals surface area (Å²) in [5, 5.41) is 2.68. The van der Waals surface area contributed by atoms with Crippen molar-refractivity contribution in [3.63, 3.8) is 0 Å². The zero-order valence-electron chi connectivity index (χ0n) is 11.9. The van der Waals surface area contributed by atoms with Crippen LogP contribution in [0.4, 0.5) is 5.69 Å². The highest BCUT2D eigenvalue weighted by molar-refractivity contribution is 5.81. The average Bonchev–Trinajstić information content (AvgIpc) is 2.85. The van der Waals surface area contributed by atoms with Gasteiger partial charge < -0.3 is 15.6 Å². The van der Waals surface area contributed by atoms with Crippen molar-refractivity contribution in [2.45, 2.75) is 20.4 Å². The Labute approximate surface area is 118 Å². The molecule has 0 spiro atoms. The topological polar surface area (TPSA) is 85.8 Å². The van der Waals surface area contributed by atoms with Crippen LogP contribution < -0.4 is 11.1 Å². The van der Waals surface area contributed by atoms with Gasteiger partial charge in [0, 0.05) is 37.2 Å². The number of carbonyl (C=O) groups is 1. The van der Waals surface area contributed by atoms with E-state index in [0.717, 1.165) is 11.3 Å². The Bertz CT molecular complexity index is 618. The molecule has 0 aliphatic rings. The second-order valence-electron chi connectivity index (χ2n) is 5.33. The van der Waals surface area contributed by atoms with Gasteiger partial charge in [0.05, 0.1) is 23.6 Å². The number of nitrogen functional groups attached to an aromatic ring is 1. The molecule has 2 heterocycles. The van der Waals surface area contributed by atoms with Crippen LogP contribution in [0.2, 0.25) is 0 Å². The summed E-state index contributed by atoms with van der Waals surface area (Å²) in [6.45, 7) is 4.29. The second-order valence-corrected chi connectivity index (χ2v) is 5.33. The molecule has 2 aromatic rings. The molecule has 0 unspecified atom stereocenters. The standard InChI is InChI=1S/C14H19N5O/c1-14(2,13(20)16-3)8-19-9-18-7-12(19)10-6-17-5-4-11(10)15/h4-7,9H,8H2,1-3H3,(H2,15,17)(H,16,20). The van der Waals surface area contributed by atoms with Crippen LogP contribution in [-0.2, 0) is 11.3 Å². The van der Waals surface area contributed by atoms with Crippen LogP contribution in [0.1, 0.15) is 13.8 Å². The third-order valence-corrected chi connectivity index (χ3v) is 3.25. The van der Waals surface area contributed by atoms with E-state index in [4.69, 9.17) is 5.73 Å². The average molecular weight is 273 g/mol. The SMILES string of the molecule is CNC(=O)C(C)(C)Cn1cncc1-c1cnccc1N. The molecular weight excluding hydrogens is 254 g/mol. The van der Waals surface area contributed by atoms with E-state index in [2.05, 4.69) is 15.3 Å². The number of imidazole rings is 1. The summed E-state index contributed by atoms with van der Waals surface area (Å²) in [4.78, 5) is 20.1. The van der Waals surface area contributed by atoms with Crippen molar-refractivity contribution in [2.24, 2.45) is 5.41 Å². The van der Waals surface area contributed by atoms with E-state index >= 15 is 0 Å². The monoisotopic (exact) mass is 273 g/mol. The van der Waals surface area contributed by atoms with Crippen molar-refractivity contribution in [1.29, 1.82) is 0 Å². The Hall–Kier alpha value is -2.37. The highest BCUT2D eigenvalue weighted by Gasteiger charge is 2.28. The predicted molar refractivity (Wildman–Crippen MR) is 77.7 cm³/mol. The summed E-state index contributed by atoms with van der Waals surface area (Å²) in [5.41, 5.74) is 7.74. The van der Waals surface area contributed by atoms with E-state index in [1.54, 1.807) is 38.0 Å². The molecule has 106 valence electrons. The van der Waals surface area contributed by atoms with Gasteiger partial charge in [-0.15, -0.1) is 0 Å². The summed E-state index contributed by atoms with van der Waals surface area (Å²) in [6.07, 6.45) is 6.78. The van der Waals surface area contributed by atoms with Crippen molar-refractivity contribution in [2.75, 3.05) is 12.8 Å². The smallest absolute Gasteiger partial charge is 0.227 e. The van der Waals surface area contributed by atoms with Gasteiger partial charge in [-0.1, -0.05) is 0 Å². The van der Waals surface area contributed by atoms with Crippen molar-refractivity contribution in [1.82, 2.24) is 19.9 Å². The number of amides is 1. The molecule has 0 aliphatic carbocycles. The van der Waals surface area contributed by atoms with Crippen molar-refractivity contribution in [3.05, 3.63) is 31.0 Å². The number of carbonyl (C=O) groups excluding carboxylic acids is 1. The molecule has 0 atom stereocenters. The minimum atomic E-state index is -0.541. The van der Waals surface area contributed by atoms with Crippen molar-refractivity contribution >= 4 is 11.6 Å². The van der Waals surface area contributed by atoms with Gasteiger partial charge in [-0.25, -0.2) is 4.98 Å². The Morgan fingerprint density at radius 1 is 1.40 bits per heavy atom. The van der Waals surface area contributed by atoms with E-state index in [1.807, 2.05) is 18.4 Å². The fraction of sp³-hybridized carbons (Fsp3) is 0.357. The van der Waals surface area contributed by atoms with Gasteiger partial charge in [0.15, 0.2) is 0 Å². The van der Waals surface area contributed by atoms with E-state index in [0.29, 0.717) is 12.2 Å². The molecule has 20 heavy (non-hydrogen) atoms. The molecule has 0 radical (unpaired) electrons. The lowest BCUT2D eigenvalue weighted by Gasteiger charge is -2.24. The molecule has 0 aliphatic heterocycles. The lowest BCUT2D eigenvalue weighted by atomic mass is 9.92. The van der Waals surface area contributed by atoms with Crippen molar-refractivity contribution in [3.8, 4) is 11.3 Å². The Kier molecular flexibility index (Phi) is 3.74. The lowest BCUT2D eigenvalue weighted by molar-refractivity contribution is -0.129. The Balaban J connectivity index is 2.35. The quantitative estimate of drug-likeness (QED) is 0.879. The van der Waals surface area contributed by atoms with Crippen LogP contribution in [0.3, 0.4) is 0 Å². The number of aromatic nitrogens is 3. The van der Waals surface area contributed by atoms with Gasteiger partial charge in [-0.05, 0) is 19.9 Å². The minimum Gasteiger partial charge on any atom is -0.398 e. The van der Waals surface area contributed by atoms with Crippen LogP contribution in [0.25, 0.3) is 11.3 Å². The Morgan fingerprint density at radius 2 is 2.15 bits per heavy atom. The molecule has 2 aromatic heterocycles. The van der Waals surface area contributed by atoms with Gasteiger partial charge in [0.2, 0.25) is 5.91 Å². The number of nitrogens with two attached hydrogens (primary N) is 1. The molecule has 0 fully saturated rings. The zero-order chi connectivity index (χ0) is 14.8. The number of hydrogen-bond donors (Lipinski definition) is 2. The summed E-state index contributed by atoms with van der Waals surface area (Å²) in [7, 11) is 1.64. The first-order chi connectivity index (χ1) is 9.45. The van der Waals surface area contributed by atoms with E-state index in [-0.39, 0.29) is 5.91 Å². The highest BCUT2D eigenvalue weighted by atomic mass is 16.2. The molecule has 0 aromatic carbocycles. The molecule has 0 saturated heterocycles. The molecular formula is C14H19N5O. The first-order valence-electron chi connectivity index (χ1n) is 6.38. The van der Waals surface area contributed by atoms with Gasteiger partial charge in [0.25, 0.3) is 0 Å². The number of pyridine rings is 1. The van der Waals surface area contributed by atoms with E-state index in [1.165, 1.54) is 0 Å². The third kappa shape index (κ3) is 2.64. The summed E-state index contributed by atoms with van der Waals surface area (Å²) >= 11 is 0. The molecule has 2 rings (SSSR count). The van der Waals surface area contributed by atoms with Crippen molar-refractivity contribution < 1.29 is 4.79 Å². The van der Waals surface area contributed by atoms with Gasteiger partial charge in [0.1, 0.15) is 0 Å². The van der Waals surface area contributed by atoms with Crippen LogP contribution in [0, 0.1) is 5.41 Å². The van der Waals surface area contributed by atoms with Crippen LogP contribution in [-0.4, -0.2) is 27.5 Å². The fourth-order valence-corrected chi connectivity index (χ4v) is 2.13. The zero-order valence-corrected chi connectivity index (χ0v) is 11.9. The lowest BCUT2D eigenvalue weighted by Crippen LogP contribution is -2.37. The van der Waals surface area contributed by atoms with Gasteiger partial charge in [-0.2, -0.15) is 0 Å². The van der Waals surface area contributed by atoms with Crippen LogP contribution >= 0.6 is 0 Å². The number of rotatable bonds is 4. The fourth-order valence-electron chi connectivity index (χ4n) is 2.13. The molecule has 0 bridgehead atoms. The molecule has 6 heteroatoms. The normalized spacial score (nSPS) is 11.3. The Morgan fingerprint density at radius 3 is 2.80 bits per heavy atom. The maximum atomic E-state index is 11.9. The van der Waals surface area contributed by atoms with Crippen LogP contribution in [0.5, 0.6) is 0 Å².